The minimum absolute atomic E-state index is 0.642. The van der Waals surface area contributed by atoms with Crippen LogP contribution in [0.5, 0.6) is 5.88 Å². The average Bonchev–Trinajstić information content (AvgIpc) is 2.33. The summed E-state index contributed by atoms with van der Waals surface area (Å²) in [5, 5.41) is 3.09. The molecule has 0 aromatic carbocycles. The third kappa shape index (κ3) is 4.02. The quantitative estimate of drug-likeness (QED) is 0.746. The fourth-order valence-electron chi connectivity index (χ4n) is 1.18. The van der Waals surface area contributed by atoms with Crippen molar-refractivity contribution in [2.45, 2.75) is 13.3 Å². The predicted octanol–water partition coefficient (Wildman–Crippen LogP) is 0.921. The molecule has 1 N–H and O–H groups in total. The van der Waals surface area contributed by atoms with Crippen molar-refractivity contribution in [2.24, 2.45) is 0 Å². The van der Waals surface area contributed by atoms with Crippen molar-refractivity contribution in [2.75, 3.05) is 38.7 Å². The van der Waals surface area contributed by atoms with Crippen LogP contribution in [0.4, 0.5) is 5.95 Å². The van der Waals surface area contributed by atoms with E-state index in [9.17, 15) is 0 Å². The van der Waals surface area contributed by atoms with E-state index in [4.69, 9.17) is 4.74 Å². The van der Waals surface area contributed by atoms with Gasteiger partial charge in [0.15, 0.2) is 0 Å². The topological polar surface area (TPSA) is 50.3 Å². The highest BCUT2D eigenvalue weighted by molar-refractivity contribution is 5.30. The molecule has 0 aliphatic heterocycles. The van der Waals surface area contributed by atoms with Crippen molar-refractivity contribution in [3.05, 3.63) is 12.3 Å². The van der Waals surface area contributed by atoms with Gasteiger partial charge >= 0.3 is 0 Å². The van der Waals surface area contributed by atoms with Gasteiger partial charge in [-0.15, -0.1) is 0 Å². The third-order valence-corrected chi connectivity index (χ3v) is 2.11. The van der Waals surface area contributed by atoms with Crippen LogP contribution < -0.4 is 15.0 Å². The number of hydrogen-bond donors (Lipinski definition) is 1. The van der Waals surface area contributed by atoms with E-state index < -0.39 is 0 Å². The van der Waals surface area contributed by atoms with Gasteiger partial charge in [-0.2, -0.15) is 4.98 Å². The zero-order chi connectivity index (χ0) is 11.8. The Bertz CT molecular complexity index is 306. The number of aromatic nitrogens is 2. The zero-order valence-corrected chi connectivity index (χ0v) is 10.2. The summed E-state index contributed by atoms with van der Waals surface area (Å²) < 4.78 is 5.46. The number of nitrogens with zero attached hydrogens (tertiary/aromatic N) is 3. The molecule has 0 aliphatic rings. The van der Waals surface area contributed by atoms with E-state index in [1.807, 2.05) is 19.0 Å². The lowest BCUT2D eigenvalue weighted by atomic mass is 10.5. The zero-order valence-electron chi connectivity index (χ0n) is 10.2. The molecule has 0 unspecified atom stereocenters. The van der Waals surface area contributed by atoms with Crippen LogP contribution in [0.3, 0.4) is 0 Å². The van der Waals surface area contributed by atoms with Gasteiger partial charge in [0.05, 0.1) is 6.61 Å². The Morgan fingerprint density at radius 2 is 2.31 bits per heavy atom. The Balaban J connectivity index is 2.58. The first-order valence-electron chi connectivity index (χ1n) is 5.59. The molecule has 0 amide bonds. The van der Waals surface area contributed by atoms with Crippen LogP contribution in [-0.4, -0.2) is 43.8 Å². The molecule has 1 aromatic heterocycles. The molecule has 0 spiro atoms. The van der Waals surface area contributed by atoms with Gasteiger partial charge in [-0.1, -0.05) is 6.92 Å². The highest BCUT2D eigenvalue weighted by Crippen LogP contribution is 2.11. The highest BCUT2D eigenvalue weighted by Gasteiger charge is 2.04. The maximum atomic E-state index is 5.46. The average molecular weight is 224 g/mol. The largest absolute Gasteiger partial charge is 0.478 e. The monoisotopic (exact) mass is 224 g/mol. The van der Waals surface area contributed by atoms with Gasteiger partial charge in [0.25, 0.3) is 0 Å². The maximum Gasteiger partial charge on any atom is 0.228 e. The molecule has 1 heterocycles. The second-order valence-corrected chi connectivity index (χ2v) is 3.57. The molecule has 0 saturated heterocycles. The molecule has 0 bridgehead atoms. The second-order valence-electron chi connectivity index (χ2n) is 3.57. The molecule has 16 heavy (non-hydrogen) atoms. The molecule has 5 heteroatoms. The van der Waals surface area contributed by atoms with Gasteiger partial charge in [-0.25, -0.2) is 4.98 Å². The number of ether oxygens (including phenoxy) is 1. The van der Waals surface area contributed by atoms with Crippen molar-refractivity contribution in [3.63, 3.8) is 0 Å². The Kier molecular flexibility index (Phi) is 5.56. The molecule has 0 fully saturated rings. The van der Waals surface area contributed by atoms with Crippen LogP contribution in [0.1, 0.15) is 13.3 Å². The van der Waals surface area contributed by atoms with Crippen LogP contribution in [0.2, 0.25) is 0 Å². The smallest absolute Gasteiger partial charge is 0.228 e. The third-order valence-electron chi connectivity index (χ3n) is 2.11. The summed E-state index contributed by atoms with van der Waals surface area (Å²) in [4.78, 5) is 10.5. The summed E-state index contributed by atoms with van der Waals surface area (Å²) in [6.45, 7) is 4.53. The summed E-state index contributed by atoms with van der Waals surface area (Å²) >= 11 is 0. The minimum atomic E-state index is 0.642. The number of nitrogens with one attached hydrogen (secondary N) is 1. The van der Waals surface area contributed by atoms with Gasteiger partial charge in [0.2, 0.25) is 11.8 Å². The number of hydrogen-bond acceptors (Lipinski definition) is 5. The van der Waals surface area contributed by atoms with Crippen LogP contribution in [0.15, 0.2) is 12.3 Å². The molecular weight excluding hydrogens is 204 g/mol. The Hall–Kier alpha value is -1.36. The summed E-state index contributed by atoms with van der Waals surface area (Å²) in [7, 11) is 3.89. The van der Waals surface area contributed by atoms with Crippen molar-refractivity contribution < 1.29 is 4.74 Å². The van der Waals surface area contributed by atoms with E-state index in [1.54, 1.807) is 12.3 Å². The van der Waals surface area contributed by atoms with Crippen molar-refractivity contribution in [1.29, 1.82) is 0 Å². The number of rotatable bonds is 7. The Labute approximate surface area is 96.8 Å². The van der Waals surface area contributed by atoms with Crippen LogP contribution in [0, 0.1) is 0 Å². The molecule has 0 atom stereocenters. The van der Waals surface area contributed by atoms with Crippen LogP contribution in [-0.2, 0) is 0 Å². The maximum absolute atomic E-state index is 5.46. The van der Waals surface area contributed by atoms with Gasteiger partial charge in [0, 0.05) is 32.4 Å². The van der Waals surface area contributed by atoms with E-state index in [0.717, 1.165) is 19.5 Å². The molecule has 0 radical (unpaired) electrons. The first kappa shape index (κ1) is 12.7. The first-order chi connectivity index (χ1) is 7.77. The molecule has 5 nitrogen and oxygen atoms in total. The van der Waals surface area contributed by atoms with Gasteiger partial charge in [-0.3, -0.25) is 0 Å². The fourth-order valence-corrected chi connectivity index (χ4v) is 1.18. The normalized spacial score (nSPS) is 10.2. The number of likely N-dealkylation sites (N-methyl/N-ethyl adjacent to an activating group) is 2. The van der Waals surface area contributed by atoms with Crippen molar-refractivity contribution in [3.8, 4) is 5.88 Å². The van der Waals surface area contributed by atoms with Gasteiger partial charge in [0.1, 0.15) is 0 Å². The minimum Gasteiger partial charge on any atom is -0.478 e. The van der Waals surface area contributed by atoms with E-state index >= 15 is 0 Å². The van der Waals surface area contributed by atoms with Crippen LogP contribution >= 0.6 is 0 Å². The van der Waals surface area contributed by atoms with E-state index in [-0.39, 0.29) is 0 Å². The summed E-state index contributed by atoms with van der Waals surface area (Å²) in [5.41, 5.74) is 0. The summed E-state index contributed by atoms with van der Waals surface area (Å²) in [6.07, 6.45) is 2.71. The molecule has 1 rings (SSSR count). The fraction of sp³-hybridized carbons (Fsp3) is 0.636. The van der Waals surface area contributed by atoms with Gasteiger partial charge < -0.3 is 15.0 Å². The van der Waals surface area contributed by atoms with Gasteiger partial charge in [-0.05, 0) is 13.5 Å². The first-order valence-corrected chi connectivity index (χ1v) is 5.59. The van der Waals surface area contributed by atoms with E-state index in [2.05, 4.69) is 22.2 Å². The molecule has 0 saturated carbocycles. The lowest BCUT2D eigenvalue weighted by Gasteiger charge is -2.16. The number of anilines is 1. The molecular formula is C11H20N4O. The molecule has 1 aromatic rings. The SMILES string of the molecule is CCCOc1ccnc(N(C)CCNC)n1. The Morgan fingerprint density at radius 1 is 1.50 bits per heavy atom. The Morgan fingerprint density at radius 3 is 3.00 bits per heavy atom. The summed E-state index contributed by atoms with van der Waals surface area (Å²) in [5.74, 6) is 1.34. The van der Waals surface area contributed by atoms with Crippen LogP contribution in [0.25, 0.3) is 0 Å². The van der Waals surface area contributed by atoms with Crippen molar-refractivity contribution in [1.82, 2.24) is 15.3 Å². The highest BCUT2D eigenvalue weighted by atomic mass is 16.5. The summed E-state index contributed by atoms with van der Waals surface area (Å²) in [6, 6.07) is 1.78. The molecule has 0 aliphatic carbocycles. The van der Waals surface area contributed by atoms with Crippen molar-refractivity contribution >= 4 is 5.95 Å². The predicted molar refractivity (Wildman–Crippen MR) is 65.0 cm³/mol. The lowest BCUT2D eigenvalue weighted by Crippen LogP contribution is -2.28. The lowest BCUT2D eigenvalue weighted by molar-refractivity contribution is 0.305. The second kappa shape index (κ2) is 7.00. The van der Waals surface area contributed by atoms with E-state index in [1.165, 1.54) is 0 Å². The standard InChI is InChI=1S/C11H20N4O/c1-4-9-16-10-5-6-13-11(14-10)15(3)8-7-12-2/h5-6,12H,4,7-9H2,1-3H3. The molecule has 90 valence electrons. The van der Waals surface area contributed by atoms with E-state index in [0.29, 0.717) is 18.4 Å².